The second kappa shape index (κ2) is 6.81. The molecule has 1 amide bonds. The van der Waals surface area contributed by atoms with Crippen molar-refractivity contribution in [3.8, 4) is 0 Å². The van der Waals surface area contributed by atoms with Gasteiger partial charge >= 0.3 is 5.97 Å². The zero-order chi connectivity index (χ0) is 13.5. The normalized spacial score (nSPS) is 16.0. The molecule has 1 aliphatic rings. The first-order chi connectivity index (χ1) is 9.24. The van der Waals surface area contributed by atoms with Crippen molar-refractivity contribution in [1.82, 2.24) is 25.5 Å². The van der Waals surface area contributed by atoms with Crippen LogP contribution in [0.25, 0.3) is 0 Å². The summed E-state index contributed by atoms with van der Waals surface area (Å²) in [6.45, 7) is -0.346. The molecule has 1 aromatic rings. The number of carbonyl (C=O) groups excluding carboxylic acids is 2. The van der Waals surface area contributed by atoms with E-state index in [0.29, 0.717) is 0 Å². The molecule has 0 radical (unpaired) electrons. The van der Waals surface area contributed by atoms with Crippen molar-refractivity contribution in [2.75, 3.05) is 6.61 Å². The number of hydrogen-bond acceptors (Lipinski definition) is 6. The highest BCUT2D eigenvalue weighted by Crippen LogP contribution is 2.17. The molecule has 0 unspecified atom stereocenters. The zero-order valence-corrected chi connectivity index (χ0v) is 10.6. The Bertz CT molecular complexity index is 414. The van der Waals surface area contributed by atoms with Crippen LogP contribution in [-0.2, 0) is 20.9 Å². The maximum Gasteiger partial charge on any atom is 0.328 e. The third-order valence-corrected chi connectivity index (χ3v) is 3.02. The SMILES string of the molecule is O=C(COC(=O)Cn1cnnn1)NC1CCCCC1. The molecular weight excluding hydrogens is 250 g/mol. The average molecular weight is 267 g/mol. The summed E-state index contributed by atoms with van der Waals surface area (Å²) >= 11 is 0. The molecule has 19 heavy (non-hydrogen) atoms. The van der Waals surface area contributed by atoms with Crippen LogP contribution in [0, 0.1) is 0 Å². The summed E-state index contributed by atoms with van der Waals surface area (Å²) in [6, 6.07) is 0.222. The maximum absolute atomic E-state index is 11.6. The highest BCUT2D eigenvalue weighted by atomic mass is 16.5. The van der Waals surface area contributed by atoms with Gasteiger partial charge in [-0.2, -0.15) is 0 Å². The van der Waals surface area contributed by atoms with E-state index >= 15 is 0 Å². The highest BCUT2D eigenvalue weighted by Gasteiger charge is 2.16. The summed E-state index contributed by atoms with van der Waals surface area (Å²) in [4.78, 5) is 23.0. The number of hydrogen-bond donors (Lipinski definition) is 1. The standard InChI is InChI=1S/C11H17N5O3/c17-10(13-9-4-2-1-3-5-9)7-19-11(18)6-16-8-12-14-15-16/h8-9H,1-7H2,(H,13,17). The lowest BCUT2D eigenvalue weighted by molar-refractivity contribution is -0.149. The predicted molar refractivity (Wildman–Crippen MR) is 63.8 cm³/mol. The topological polar surface area (TPSA) is 99.0 Å². The van der Waals surface area contributed by atoms with Crippen LogP contribution < -0.4 is 5.32 Å². The first-order valence-electron chi connectivity index (χ1n) is 6.40. The molecule has 1 heterocycles. The van der Waals surface area contributed by atoms with E-state index in [0.717, 1.165) is 25.7 Å². The van der Waals surface area contributed by atoms with Gasteiger partial charge in [0.15, 0.2) is 6.61 Å². The summed E-state index contributed by atoms with van der Waals surface area (Å²) in [5.41, 5.74) is 0. The van der Waals surface area contributed by atoms with Gasteiger partial charge < -0.3 is 10.1 Å². The molecule has 8 nitrogen and oxygen atoms in total. The van der Waals surface area contributed by atoms with Gasteiger partial charge in [-0.15, -0.1) is 5.10 Å². The molecule has 1 aliphatic carbocycles. The number of amides is 1. The van der Waals surface area contributed by atoms with Crippen LogP contribution >= 0.6 is 0 Å². The minimum atomic E-state index is -0.536. The lowest BCUT2D eigenvalue weighted by Crippen LogP contribution is -2.38. The lowest BCUT2D eigenvalue weighted by atomic mass is 9.95. The number of nitrogens with zero attached hydrogens (tertiary/aromatic N) is 4. The minimum absolute atomic E-state index is 0.0935. The van der Waals surface area contributed by atoms with Crippen LogP contribution in [0.2, 0.25) is 0 Å². The van der Waals surface area contributed by atoms with Crippen molar-refractivity contribution in [3.63, 3.8) is 0 Å². The average Bonchev–Trinajstić information content (AvgIpc) is 2.90. The Balaban J connectivity index is 1.64. The third kappa shape index (κ3) is 4.65. The van der Waals surface area contributed by atoms with Gasteiger partial charge in [-0.3, -0.25) is 9.59 Å². The largest absolute Gasteiger partial charge is 0.454 e. The summed E-state index contributed by atoms with van der Waals surface area (Å²) in [5, 5.41) is 13.2. The van der Waals surface area contributed by atoms with Gasteiger partial charge in [0.05, 0.1) is 0 Å². The number of nitrogens with one attached hydrogen (secondary N) is 1. The number of carbonyl (C=O) groups is 2. The molecule has 104 valence electrons. The van der Waals surface area contributed by atoms with Crippen molar-refractivity contribution in [3.05, 3.63) is 6.33 Å². The monoisotopic (exact) mass is 267 g/mol. The molecule has 1 fully saturated rings. The molecule has 0 aliphatic heterocycles. The fraction of sp³-hybridized carbons (Fsp3) is 0.727. The quantitative estimate of drug-likeness (QED) is 0.733. The number of esters is 1. The van der Waals surface area contributed by atoms with Crippen molar-refractivity contribution in [2.45, 2.75) is 44.7 Å². The molecule has 1 saturated carbocycles. The second-order valence-corrected chi connectivity index (χ2v) is 4.57. The number of aromatic nitrogens is 4. The molecule has 2 rings (SSSR count). The highest BCUT2D eigenvalue weighted by molar-refractivity contribution is 5.80. The number of rotatable bonds is 5. The summed E-state index contributed by atoms with van der Waals surface area (Å²) in [6.07, 6.45) is 6.83. The van der Waals surface area contributed by atoms with E-state index in [1.54, 1.807) is 0 Å². The molecule has 0 spiro atoms. The zero-order valence-electron chi connectivity index (χ0n) is 10.6. The van der Waals surface area contributed by atoms with E-state index in [2.05, 4.69) is 20.8 Å². The van der Waals surface area contributed by atoms with Gasteiger partial charge in [0.1, 0.15) is 12.9 Å². The third-order valence-electron chi connectivity index (χ3n) is 3.02. The molecular formula is C11H17N5O3. The van der Waals surface area contributed by atoms with Crippen molar-refractivity contribution in [1.29, 1.82) is 0 Å². The molecule has 0 saturated heterocycles. The van der Waals surface area contributed by atoms with Crippen molar-refractivity contribution >= 4 is 11.9 Å². The van der Waals surface area contributed by atoms with Gasteiger partial charge in [0.25, 0.3) is 5.91 Å². The second-order valence-electron chi connectivity index (χ2n) is 4.57. The minimum Gasteiger partial charge on any atom is -0.454 e. The van der Waals surface area contributed by atoms with Crippen LogP contribution in [-0.4, -0.2) is 44.7 Å². The van der Waals surface area contributed by atoms with Crippen LogP contribution in [0.1, 0.15) is 32.1 Å². The van der Waals surface area contributed by atoms with E-state index in [1.807, 2.05) is 0 Å². The van der Waals surface area contributed by atoms with Crippen LogP contribution in [0.3, 0.4) is 0 Å². The first kappa shape index (κ1) is 13.4. The van der Waals surface area contributed by atoms with Crippen LogP contribution in [0.5, 0.6) is 0 Å². The van der Waals surface area contributed by atoms with E-state index in [1.165, 1.54) is 17.4 Å². The summed E-state index contributed by atoms with van der Waals surface area (Å²) in [5.74, 6) is -0.789. The maximum atomic E-state index is 11.6. The first-order valence-corrected chi connectivity index (χ1v) is 6.40. The van der Waals surface area contributed by atoms with E-state index in [4.69, 9.17) is 4.74 Å². The van der Waals surface area contributed by atoms with Gasteiger partial charge in [0.2, 0.25) is 0 Å². The Labute approximate surface area is 110 Å². The Hall–Kier alpha value is -1.99. The molecule has 0 bridgehead atoms. The van der Waals surface area contributed by atoms with Gasteiger partial charge in [0, 0.05) is 6.04 Å². The molecule has 1 aromatic heterocycles. The van der Waals surface area contributed by atoms with Gasteiger partial charge in [-0.25, -0.2) is 4.68 Å². The summed E-state index contributed by atoms with van der Waals surface area (Å²) < 4.78 is 6.09. The Morgan fingerprint density at radius 3 is 2.79 bits per heavy atom. The van der Waals surface area contributed by atoms with Gasteiger partial charge in [-0.1, -0.05) is 19.3 Å². The molecule has 0 atom stereocenters. The van der Waals surface area contributed by atoms with Crippen molar-refractivity contribution < 1.29 is 14.3 Å². The number of ether oxygens (including phenoxy) is 1. The Kier molecular flexibility index (Phi) is 4.82. The summed E-state index contributed by atoms with van der Waals surface area (Å²) in [7, 11) is 0. The smallest absolute Gasteiger partial charge is 0.328 e. The molecule has 1 N–H and O–H groups in total. The fourth-order valence-electron chi connectivity index (χ4n) is 2.09. The van der Waals surface area contributed by atoms with Crippen LogP contribution in [0.15, 0.2) is 6.33 Å². The Morgan fingerprint density at radius 2 is 2.11 bits per heavy atom. The Morgan fingerprint density at radius 1 is 1.32 bits per heavy atom. The predicted octanol–water partition coefficient (Wildman–Crippen LogP) is -0.335. The molecule has 8 heteroatoms. The van der Waals surface area contributed by atoms with Crippen LogP contribution in [0.4, 0.5) is 0 Å². The van der Waals surface area contributed by atoms with E-state index in [-0.39, 0.29) is 25.1 Å². The number of tetrazole rings is 1. The molecule has 0 aromatic carbocycles. The van der Waals surface area contributed by atoms with Gasteiger partial charge in [-0.05, 0) is 23.3 Å². The fourth-order valence-corrected chi connectivity index (χ4v) is 2.09. The van der Waals surface area contributed by atoms with E-state index < -0.39 is 5.97 Å². The van der Waals surface area contributed by atoms with E-state index in [9.17, 15) is 9.59 Å². The lowest BCUT2D eigenvalue weighted by Gasteiger charge is -2.22. The van der Waals surface area contributed by atoms with Crippen molar-refractivity contribution in [2.24, 2.45) is 0 Å².